The first-order chi connectivity index (χ1) is 7.06. The van der Waals surface area contributed by atoms with Crippen LogP contribution in [0, 0.1) is 5.82 Å². The molecule has 15 heavy (non-hydrogen) atoms. The quantitative estimate of drug-likeness (QED) is 0.785. The Morgan fingerprint density at radius 3 is 2.67 bits per heavy atom. The molecule has 1 saturated carbocycles. The maximum absolute atomic E-state index is 13.4. The van der Waals surface area contributed by atoms with Crippen LogP contribution in [0.1, 0.15) is 18.4 Å². The number of aromatic nitrogens is 1. The Bertz CT molecular complexity index is 436. The molecule has 0 spiro atoms. The van der Waals surface area contributed by atoms with Gasteiger partial charge in [0, 0.05) is 24.6 Å². The van der Waals surface area contributed by atoms with Gasteiger partial charge >= 0.3 is 5.97 Å². The number of rotatable bonds is 2. The highest BCUT2D eigenvalue weighted by Crippen LogP contribution is 2.42. The lowest BCUT2D eigenvalue weighted by Crippen LogP contribution is -2.48. The zero-order valence-electron chi connectivity index (χ0n) is 7.74. The van der Waals surface area contributed by atoms with Crippen LogP contribution in [-0.2, 0) is 15.0 Å². The van der Waals surface area contributed by atoms with Gasteiger partial charge in [-0.25, -0.2) is 4.39 Å². The molecule has 4 nitrogen and oxygen atoms in total. The van der Waals surface area contributed by atoms with Gasteiger partial charge in [-0.1, -0.05) is 0 Å². The molecule has 0 saturated heterocycles. The molecular formula is C10H8FNO3. The molecule has 1 fully saturated rings. The van der Waals surface area contributed by atoms with Crippen LogP contribution in [0.15, 0.2) is 18.5 Å². The minimum absolute atomic E-state index is 0.0459. The molecule has 1 aliphatic rings. The van der Waals surface area contributed by atoms with Crippen LogP contribution in [0.2, 0.25) is 0 Å². The number of nitrogens with zero attached hydrogens (tertiary/aromatic N) is 1. The molecule has 1 aliphatic carbocycles. The van der Waals surface area contributed by atoms with Gasteiger partial charge in [-0.2, -0.15) is 0 Å². The van der Waals surface area contributed by atoms with E-state index in [1.807, 2.05) is 0 Å². The Kier molecular flexibility index (Phi) is 2.03. The molecule has 78 valence electrons. The Labute approximate surface area is 84.8 Å². The van der Waals surface area contributed by atoms with E-state index in [0.29, 0.717) is 0 Å². The van der Waals surface area contributed by atoms with Gasteiger partial charge in [0.25, 0.3) is 0 Å². The van der Waals surface area contributed by atoms with E-state index in [9.17, 15) is 14.0 Å². The van der Waals surface area contributed by atoms with Gasteiger partial charge < -0.3 is 5.11 Å². The van der Waals surface area contributed by atoms with Crippen LogP contribution in [0.25, 0.3) is 0 Å². The Morgan fingerprint density at radius 2 is 2.20 bits per heavy atom. The minimum Gasteiger partial charge on any atom is -0.481 e. The first kappa shape index (κ1) is 9.76. The number of carboxylic acid groups (broad SMARTS) is 1. The lowest BCUT2D eigenvalue weighted by molar-refractivity contribution is -0.153. The molecule has 0 aliphatic heterocycles. The maximum Gasteiger partial charge on any atom is 0.315 e. The van der Waals surface area contributed by atoms with E-state index in [0.717, 1.165) is 6.20 Å². The number of pyridine rings is 1. The number of hydrogen-bond donors (Lipinski definition) is 1. The number of carbonyl (C=O) groups is 2. The fourth-order valence-electron chi connectivity index (χ4n) is 1.84. The van der Waals surface area contributed by atoms with Gasteiger partial charge in [0.1, 0.15) is 17.0 Å². The number of Topliss-reactive ketones (excluding diaryl/α,β-unsaturated/α-hetero) is 1. The molecular weight excluding hydrogens is 201 g/mol. The molecule has 0 atom stereocenters. The molecule has 0 radical (unpaired) electrons. The predicted octanol–water partition coefficient (Wildman–Crippen LogP) is 0.906. The second kappa shape index (κ2) is 3.12. The average molecular weight is 209 g/mol. The van der Waals surface area contributed by atoms with Crippen molar-refractivity contribution in [2.75, 3.05) is 0 Å². The van der Waals surface area contributed by atoms with Crippen molar-refractivity contribution in [2.45, 2.75) is 18.3 Å². The van der Waals surface area contributed by atoms with E-state index >= 15 is 0 Å². The molecule has 0 unspecified atom stereocenters. The summed E-state index contributed by atoms with van der Waals surface area (Å²) in [7, 11) is 0. The summed E-state index contributed by atoms with van der Waals surface area (Å²) in [4.78, 5) is 25.5. The highest BCUT2D eigenvalue weighted by Gasteiger charge is 2.52. The Morgan fingerprint density at radius 1 is 1.53 bits per heavy atom. The molecule has 1 aromatic rings. The van der Waals surface area contributed by atoms with Gasteiger partial charge in [-0.3, -0.25) is 14.6 Å². The number of aliphatic carboxylic acids is 1. The predicted molar refractivity (Wildman–Crippen MR) is 47.7 cm³/mol. The molecule has 5 heteroatoms. The summed E-state index contributed by atoms with van der Waals surface area (Å²) < 4.78 is 13.4. The lowest BCUT2D eigenvalue weighted by atomic mass is 9.63. The summed E-state index contributed by atoms with van der Waals surface area (Å²) in [6.45, 7) is 0. The Hall–Kier alpha value is -1.78. The lowest BCUT2D eigenvalue weighted by Gasteiger charge is -2.36. The van der Waals surface area contributed by atoms with Crippen molar-refractivity contribution >= 4 is 11.8 Å². The normalized spacial score (nSPS) is 18.3. The molecule has 2 rings (SSSR count). The van der Waals surface area contributed by atoms with Crippen LogP contribution >= 0.6 is 0 Å². The van der Waals surface area contributed by atoms with E-state index in [2.05, 4.69) is 4.98 Å². The highest BCUT2D eigenvalue weighted by molar-refractivity contribution is 6.01. The van der Waals surface area contributed by atoms with Gasteiger partial charge in [0.05, 0.1) is 6.20 Å². The number of halogens is 1. The maximum atomic E-state index is 13.4. The van der Waals surface area contributed by atoms with Gasteiger partial charge in [-0.05, 0) is 6.07 Å². The summed E-state index contributed by atoms with van der Waals surface area (Å²) in [5.74, 6) is -1.99. The Balaban J connectivity index is 2.48. The van der Waals surface area contributed by atoms with Crippen molar-refractivity contribution in [1.29, 1.82) is 0 Å². The number of carboxylic acids is 1. The van der Waals surface area contributed by atoms with E-state index in [1.165, 1.54) is 12.3 Å². The molecule has 1 heterocycles. The fraction of sp³-hybridized carbons (Fsp3) is 0.300. The third-order valence-corrected chi connectivity index (χ3v) is 2.70. The van der Waals surface area contributed by atoms with Crippen molar-refractivity contribution in [3.05, 3.63) is 29.8 Å². The zero-order valence-corrected chi connectivity index (χ0v) is 7.74. The average Bonchev–Trinajstić information content (AvgIpc) is 2.13. The van der Waals surface area contributed by atoms with Crippen LogP contribution in [0.4, 0.5) is 4.39 Å². The smallest absolute Gasteiger partial charge is 0.315 e. The van der Waals surface area contributed by atoms with Crippen LogP contribution in [-0.4, -0.2) is 21.8 Å². The number of hydrogen-bond acceptors (Lipinski definition) is 3. The van der Waals surface area contributed by atoms with Crippen molar-refractivity contribution in [1.82, 2.24) is 4.98 Å². The monoisotopic (exact) mass is 209 g/mol. The first-order valence-electron chi connectivity index (χ1n) is 4.41. The topological polar surface area (TPSA) is 67.3 Å². The summed E-state index contributed by atoms with van der Waals surface area (Å²) in [6.07, 6.45) is 2.02. The summed E-state index contributed by atoms with van der Waals surface area (Å²) >= 11 is 0. The summed E-state index contributed by atoms with van der Waals surface area (Å²) in [5, 5.41) is 9.04. The molecule has 1 N–H and O–H groups in total. The van der Waals surface area contributed by atoms with Crippen molar-refractivity contribution in [2.24, 2.45) is 0 Å². The third kappa shape index (κ3) is 1.31. The minimum atomic E-state index is -1.37. The molecule has 0 aromatic carbocycles. The van der Waals surface area contributed by atoms with E-state index in [-0.39, 0.29) is 24.2 Å². The van der Waals surface area contributed by atoms with E-state index in [4.69, 9.17) is 5.11 Å². The standard InChI is InChI=1S/C10H8FNO3/c11-8-5-12-2-1-7(8)10(9(14)15)3-6(13)4-10/h1-2,5H,3-4H2,(H,14,15). The van der Waals surface area contributed by atoms with Crippen molar-refractivity contribution < 1.29 is 19.1 Å². The fourth-order valence-corrected chi connectivity index (χ4v) is 1.84. The van der Waals surface area contributed by atoms with Crippen molar-refractivity contribution in [3.63, 3.8) is 0 Å². The van der Waals surface area contributed by atoms with Gasteiger partial charge in [0.15, 0.2) is 0 Å². The second-order valence-electron chi connectivity index (χ2n) is 3.64. The van der Waals surface area contributed by atoms with Crippen molar-refractivity contribution in [3.8, 4) is 0 Å². The van der Waals surface area contributed by atoms with Gasteiger partial charge in [0.2, 0.25) is 0 Å². The SMILES string of the molecule is O=C1CC(C(=O)O)(c2ccncc2F)C1. The van der Waals surface area contributed by atoms with Crippen LogP contribution < -0.4 is 0 Å². The summed E-state index contributed by atoms with van der Waals surface area (Å²) in [6, 6.07) is 1.32. The number of carbonyl (C=O) groups excluding carboxylic acids is 1. The second-order valence-corrected chi connectivity index (χ2v) is 3.64. The zero-order chi connectivity index (χ0) is 11.1. The molecule has 1 aromatic heterocycles. The molecule has 0 bridgehead atoms. The largest absolute Gasteiger partial charge is 0.481 e. The van der Waals surface area contributed by atoms with Crippen LogP contribution in [0.5, 0.6) is 0 Å². The first-order valence-corrected chi connectivity index (χ1v) is 4.41. The van der Waals surface area contributed by atoms with E-state index in [1.54, 1.807) is 0 Å². The summed E-state index contributed by atoms with van der Waals surface area (Å²) in [5.41, 5.74) is -1.32. The van der Waals surface area contributed by atoms with E-state index < -0.39 is 17.2 Å². The highest BCUT2D eigenvalue weighted by atomic mass is 19.1. The number of ketones is 1. The third-order valence-electron chi connectivity index (χ3n) is 2.70. The van der Waals surface area contributed by atoms with Crippen LogP contribution in [0.3, 0.4) is 0 Å². The van der Waals surface area contributed by atoms with Gasteiger partial charge in [-0.15, -0.1) is 0 Å². The molecule has 0 amide bonds.